The second kappa shape index (κ2) is 6.60. The average Bonchev–Trinajstić information content (AvgIpc) is 2.86. The van der Waals surface area contributed by atoms with Crippen molar-refractivity contribution in [1.82, 2.24) is 9.13 Å². The lowest BCUT2D eigenvalue weighted by Crippen LogP contribution is -2.30. The number of hydrogen-bond donors (Lipinski definition) is 1. The number of aliphatic hydroxyl groups excluding tert-OH is 1. The highest BCUT2D eigenvalue weighted by Crippen LogP contribution is 2.14. The lowest BCUT2D eigenvalue weighted by atomic mass is 10.2. The Bertz CT molecular complexity index is 948. The molecule has 1 heterocycles. The molecule has 0 amide bonds. The number of hydrogen-bond acceptors (Lipinski definition) is 4. The number of imidazole rings is 1. The fraction of sp³-hybridized carbons (Fsp3) is 0.222. The predicted octanol–water partition coefficient (Wildman–Crippen LogP) is 1.65. The molecule has 6 heteroatoms. The lowest BCUT2D eigenvalue weighted by molar-refractivity contribution is 0.0925. The summed E-state index contributed by atoms with van der Waals surface area (Å²) >= 11 is 0. The third-order valence-corrected chi connectivity index (χ3v) is 3.87. The number of rotatable bonds is 5. The van der Waals surface area contributed by atoms with E-state index in [-0.39, 0.29) is 18.8 Å². The summed E-state index contributed by atoms with van der Waals surface area (Å²) in [5.74, 6) is 0.568. The number of nitrogens with zero attached hydrogens (tertiary/aromatic N) is 3. The van der Waals surface area contributed by atoms with Crippen LogP contribution in [0.1, 0.15) is 5.56 Å². The minimum absolute atomic E-state index is 0.0571. The zero-order chi connectivity index (χ0) is 17.1. The van der Waals surface area contributed by atoms with Crippen LogP contribution in [0.3, 0.4) is 0 Å². The van der Waals surface area contributed by atoms with Gasteiger partial charge in [-0.3, -0.25) is 9.13 Å². The highest BCUT2D eigenvalue weighted by molar-refractivity contribution is 5.75. The minimum atomic E-state index is -0.829. The maximum Gasteiger partial charge on any atom is 0.328 e. The first-order valence-electron chi connectivity index (χ1n) is 7.55. The molecule has 0 bridgehead atoms. The molecule has 2 aromatic carbocycles. The van der Waals surface area contributed by atoms with Gasteiger partial charge in [0.15, 0.2) is 0 Å². The zero-order valence-corrected chi connectivity index (χ0v) is 13.2. The maximum atomic E-state index is 12.3. The Morgan fingerprint density at radius 3 is 2.50 bits per heavy atom. The second-order valence-electron chi connectivity index (χ2n) is 5.54. The fourth-order valence-corrected chi connectivity index (χ4v) is 2.62. The molecule has 3 rings (SSSR count). The standard InChI is InChI=1S/C18H17N3O3/c1-20-16-4-2-3-5-17(16)21(18(20)23)11-14(22)12-24-15-8-6-13(10-19)7-9-15/h2-9,14,22H,11-12H2,1H3. The summed E-state index contributed by atoms with van der Waals surface area (Å²) in [5.41, 5.74) is 1.98. The first kappa shape index (κ1) is 15.8. The first-order chi connectivity index (χ1) is 11.6. The van der Waals surface area contributed by atoms with Crippen LogP contribution < -0.4 is 10.4 Å². The van der Waals surface area contributed by atoms with Crippen LogP contribution in [0.15, 0.2) is 53.3 Å². The van der Waals surface area contributed by atoms with E-state index in [0.29, 0.717) is 11.3 Å². The summed E-state index contributed by atoms with van der Waals surface area (Å²) in [4.78, 5) is 12.3. The Labute approximate surface area is 138 Å². The third kappa shape index (κ3) is 3.03. The van der Waals surface area contributed by atoms with Crippen LogP contribution in [0.5, 0.6) is 5.75 Å². The van der Waals surface area contributed by atoms with Gasteiger partial charge in [0.1, 0.15) is 18.5 Å². The van der Waals surface area contributed by atoms with Crippen molar-refractivity contribution in [1.29, 1.82) is 5.26 Å². The van der Waals surface area contributed by atoms with E-state index >= 15 is 0 Å². The van der Waals surface area contributed by atoms with Crippen LogP contribution in [0.25, 0.3) is 11.0 Å². The first-order valence-corrected chi connectivity index (χ1v) is 7.55. The number of ether oxygens (including phenoxy) is 1. The average molecular weight is 323 g/mol. The van der Waals surface area contributed by atoms with E-state index in [1.807, 2.05) is 30.3 Å². The third-order valence-electron chi connectivity index (χ3n) is 3.87. The summed E-state index contributed by atoms with van der Waals surface area (Å²) in [5, 5.41) is 19.0. The smallest absolute Gasteiger partial charge is 0.328 e. The van der Waals surface area contributed by atoms with Crippen molar-refractivity contribution >= 4 is 11.0 Å². The molecule has 0 radical (unpaired) electrons. The van der Waals surface area contributed by atoms with Gasteiger partial charge in [0, 0.05) is 7.05 Å². The maximum absolute atomic E-state index is 12.3. The minimum Gasteiger partial charge on any atom is -0.491 e. The molecule has 0 aliphatic carbocycles. The summed E-state index contributed by atoms with van der Waals surface area (Å²) in [7, 11) is 1.71. The second-order valence-corrected chi connectivity index (χ2v) is 5.54. The van der Waals surface area contributed by atoms with E-state index in [4.69, 9.17) is 10.00 Å². The van der Waals surface area contributed by atoms with Crippen molar-refractivity contribution in [2.24, 2.45) is 7.05 Å². The largest absolute Gasteiger partial charge is 0.491 e. The molecular weight excluding hydrogens is 306 g/mol. The summed E-state index contributed by atoms with van der Waals surface area (Å²) in [6.45, 7) is 0.206. The SMILES string of the molecule is Cn1c(=O)n(CC(O)COc2ccc(C#N)cc2)c2ccccc21. The molecule has 0 spiro atoms. The molecule has 122 valence electrons. The molecule has 0 saturated heterocycles. The van der Waals surface area contributed by atoms with Crippen LogP contribution in [-0.4, -0.2) is 27.0 Å². The predicted molar refractivity (Wildman–Crippen MR) is 89.8 cm³/mol. The molecule has 1 unspecified atom stereocenters. The van der Waals surface area contributed by atoms with E-state index in [1.54, 1.807) is 40.4 Å². The number of aliphatic hydroxyl groups is 1. The fourth-order valence-electron chi connectivity index (χ4n) is 2.62. The highest BCUT2D eigenvalue weighted by Gasteiger charge is 2.14. The topological polar surface area (TPSA) is 80.2 Å². The van der Waals surface area contributed by atoms with E-state index in [9.17, 15) is 9.90 Å². The molecule has 1 aromatic heterocycles. The number of fused-ring (bicyclic) bond motifs is 1. The summed E-state index contributed by atoms with van der Waals surface area (Å²) < 4.78 is 8.62. The van der Waals surface area contributed by atoms with Crippen molar-refractivity contribution in [2.45, 2.75) is 12.6 Å². The Morgan fingerprint density at radius 2 is 1.83 bits per heavy atom. The van der Waals surface area contributed by atoms with E-state index in [0.717, 1.165) is 11.0 Å². The molecule has 24 heavy (non-hydrogen) atoms. The monoisotopic (exact) mass is 323 g/mol. The molecule has 1 atom stereocenters. The van der Waals surface area contributed by atoms with Crippen molar-refractivity contribution in [3.05, 3.63) is 64.6 Å². The number of para-hydroxylation sites is 2. The van der Waals surface area contributed by atoms with Gasteiger partial charge in [0.25, 0.3) is 0 Å². The van der Waals surface area contributed by atoms with Gasteiger partial charge in [0.05, 0.1) is 29.2 Å². The van der Waals surface area contributed by atoms with Gasteiger partial charge >= 0.3 is 5.69 Å². The van der Waals surface area contributed by atoms with E-state index < -0.39 is 6.10 Å². The Kier molecular flexibility index (Phi) is 4.36. The Hall–Kier alpha value is -3.04. The quantitative estimate of drug-likeness (QED) is 0.774. The van der Waals surface area contributed by atoms with Gasteiger partial charge in [-0.1, -0.05) is 12.1 Å². The normalized spacial score (nSPS) is 12.0. The van der Waals surface area contributed by atoms with Crippen LogP contribution in [0.4, 0.5) is 0 Å². The van der Waals surface area contributed by atoms with E-state index in [2.05, 4.69) is 0 Å². The van der Waals surface area contributed by atoms with Crippen molar-refractivity contribution < 1.29 is 9.84 Å². The van der Waals surface area contributed by atoms with Gasteiger partial charge in [-0.25, -0.2) is 4.79 Å². The Morgan fingerprint density at radius 1 is 1.17 bits per heavy atom. The summed E-state index contributed by atoms with van der Waals surface area (Å²) in [6, 6.07) is 16.1. The molecule has 1 N–H and O–H groups in total. The zero-order valence-electron chi connectivity index (χ0n) is 13.2. The van der Waals surface area contributed by atoms with Crippen molar-refractivity contribution in [3.63, 3.8) is 0 Å². The molecule has 0 fully saturated rings. The summed E-state index contributed by atoms with van der Waals surface area (Å²) in [6.07, 6.45) is -0.829. The number of nitriles is 1. The molecule has 0 aliphatic heterocycles. The van der Waals surface area contributed by atoms with Crippen LogP contribution in [0, 0.1) is 11.3 Å². The van der Waals surface area contributed by atoms with Gasteiger partial charge in [-0.2, -0.15) is 5.26 Å². The van der Waals surface area contributed by atoms with Gasteiger partial charge in [0.2, 0.25) is 0 Å². The van der Waals surface area contributed by atoms with E-state index in [1.165, 1.54) is 0 Å². The van der Waals surface area contributed by atoms with Crippen molar-refractivity contribution in [3.8, 4) is 11.8 Å². The highest BCUT2D eigenvalue weighted by atomic mass is 16.5. The molecule has 6 nitrogen and oxygen atoms in total. The Balaban J connectivity index is 1.71. The molecule has 3 aromatic rings. The molecule has 0 saturated carbocycles. The number of aryl methyl sites for hydroxylation is 1. The van der Waals surface area contributed by atoms with Crippen LogP contribution >= 0.6 is 0 Å². The lowest BCUT2D eigenvalue weighted by Gasteiger charge is -2.13. The number of benzene rings is 2. The number of aromatic nitrogens is 2. The van der Waals surface area contributed by atoms with Crippen molar-refractivity contribution in [2.75, 3.05) is 6.61 Å². The molecule has 0 aliphatic rings. The van der Waals surface area contributed by atoms with Gasteiger partial charge in [-0.05, 0) is 36.4 Å². The van der Waals surface area contributed by atoms with Gasteiger partial charge < -0.3 is 9.84 Å². The molecular formula is C18H17N3O3. The van der Waals surface area contributed by atoms with Crippen LogP contribution in [0.2, 0.25) is 0 Å². The van der Waals surface area contributed by atoms with Crippen LogP contribution in [-0.2, 0) is 13.6 Å². The van der Waals surface area contributed by atoms with Gasteiger partial charge in [-0.15, -0.1) is 0 Å².